The van der Waals surface area contributed by atoms with E-state index in [2.05, 4.69) is 44.6 Å². The van der Waals surface area contributed by atoms with Gasteiger partial charge in [-0.3, -0.25) is 4.90 Å². The minimum Gasteiger partial charge on any atom is -0.315 e. The number of rotatable bonds is 8. The summed E-state index contributed by atoms with van der Waals surface area (Å²) in [7, 11) is 2.11. The summed E-state index contributed by atoms with van der Waals surface area (Å²) in [5, 5.41) is 3.58. The van der Waals surface area contributed by atoms with Crippen molar-refractivity contribution in [2.75, 3.05) is 20.1 Å². The zero-order chi connectivity index (χ0) is 13.6. The van der Waals surface area contributed by atoms with E-state index < -0.39 is 0 Å². The lowest BCUT2D eigenvalue weighted by Crippen LogP contribution is -2.59. The Bertz CT molecular complexity index is 250. The van der Waals surface area contributed by atoms with Gasteiger partial charge in [-0.1, -0.05) is 32.9 Å². The summed E-state index contributed by atoms with van der Waals surface area (Å²) in [4.78, 5) is 2.73. The summed E-state index contributed by atoms with van der Waals surface area (Å²) in [6.45, 7) is 13.7. The van der Waals surface area contributed by atoms with Crippen molar-refractivity contribution in [2.45, 2.75) is 70.9 Å². The van der Waals surface area contributed by atoms with Crippen molar-refractivity contribution in [3.8, 4) is 0 Å². The minimum atomic E-state index is 0.323. The van der Waals surface area contributed by atoms with Crippen molar-refractivity contribution in [1.82, 2.24) is 10.2 Å². The second-order valence-corrected chi connectivity index (χ2v) is 5.65. The van der Waals surface area contributed by atoms with Crippen molar-refractivity contribution >= 4 is 0 Å². The molecule has 1 fully saturated rings. The first-order valence-electron chi connectivity index (χ1n) is 7.73. The zero-order valence-electron chi connectivity index (χ0n) is 12.9. The summed E-state index contributed by atoms with van der Waals surface area (Å²) in [5.41, 5.74) is 1.70. The molecule has 1 aliphatic heterocycles. The molecule has 0 saturated carbocycles. The number of likely N-dealkylation sites (tertiary alicyclic amines) is 1. The van der Waals surface area contributed by atoms with Gasteiger partial charge in [0.15, 0.2) is 0 Å². The van der Waals surface area contributed by atoms with Crippen molar-refractivity contribution in [3.63, 3.8) is 0 Å². The average Bonchev–Trinajstić information content (AvgIpc) is 2.93. The molecule has 1 saturated heterocycles. The average molecular weight is 252 g/mol. The quantitative estimate of drug-likeness (QED) is 0.664. The maximum absolute atomic E-state index is 4.21. The molecule has 18 heavy (non-hydrogen) atoms. The number of nitrogens with zero attached hydrogens (tertiary/aromatic N) is 1. The molecule has 1 unspecified atom stereocenters. The molecular weight excluding hydrogens is 220 g/mol. The first-order valence-corrected chi connectivity index (χ1v) is 7.73. The van der Waals surface area contributed by atoms with Gasteiger partial charge in [0.25, 0.3) is 0 Å². The summed E-state index contributed by atoms with van der Waals surface area (Å²) in [6, 6.07) is 0.540. The van der Waals surface area contributed by atoms with E-state index in [1.807, 2.05) is 0 Å². The van der Waals surface area contributed by atoms with Gasteiger partial charge < -0.3 is 5.32 Å². The molecule has 2 nitrogen and oxygen atoms in total. The van der Waals surface area contributed by atoms with Gasteiger partial charge in [0, 0.05) is 11.6 Å². The molecule has 0 radical (unpaired) electrons. The molecular formula is C16H32N2. The van der Waals surface area contributed by atoms with E-state index in [1.165, 1.54) is 44.3 Å². The Hall–Kier alpha value is -0.340. The first-order chi connectivity index (χ1) is 8.64. The number of likely N-dealkylation sites (N-methyl/N-ethyl adjacent to an activating group) is 1. The summed E-state index contributed by atoms with van der Waals surface area (Å²) >= 11 is 0. The molecule has 2 heteroatoms. The lowest BCUT2D eigenvalue weighted by Gasteiger charge is -2.47. The van der Waals surface area contributed by atoms with Crippen molar-refractivity contribution in [3.05, 3.63) is 12.2 Å². The van der Waals surface area contributed by atoms with E-state index in [0.29, 0.717) is 11.6 Å². The third kappa shape index (κ3) is 3.16. The fraction of sp³-hybridized carbons (Fsp3) is 0.875. The number of nitrogens with one attached hydrogen (secondary N) is 1. The van der Waals surface area contributed by atoms with Crippen LogP contribution in [0.2, 0.25) is 0 Å². The molecule has 1 rings (SSSR count). The molecule has 0 aromatic carbocycles. The van der Waals surface area contributed by atoms with Crippen LogP contribution in [0.4, 0.5) is 0 Å². The van der Waals surface area contributed by atoms with E-state index >= 15 is 0 Å². The molecule has 1 atom stereocenters. The van der Waals surface area contributed by atoms with Crippen molar-refractivity contribution in [1.29, 1.82) is 0 Å². The Morgan fingerprint density at radius 2 is 1.78 bits per heavy atom. The molecule has 1 N–H and O–H groups in total. The van der Waals surface area contributed by atoms with E-state index in [0.717, 1.165) is 12.8 Å². The fourth-order valence-electron chi connectivity index (χ4n) is 3.57. The largest absolute Gasteiger partial charge is 0.315 e. The highest BCUT2D eigenvalue weighted by atomic mass is 15.2. The molecule has 0 bridgehead atoms. The molecule has 1 heterocycles. The molecule has 0 spiro atoms. The van der Waals surface area contributed by atoms with Crippen LogP contribution >= 0.6 is 0 Å². The Kier molecular flexibility index (Phi) is 6.37. The van der Waals surface area contributed by atoms with Gasteiger partial charge in [-0.2, -0.15) is 0 Å². The van der Waals surface area contributed by atoms with Crippen LogP contribution < -0.4 is 5.32 Å². The van der Waals surface area contributed by atoms with Crippen LogP contribution in [0.1, 0.15) is 59.3 Å². The molecule has 0 aromatic heterocycles. The highest BCUT2D eigenvalue weighted by Crippen LogP contribution is 2.34. The van der Waals surface area contributed by atoms with Gasteiger partial charge in [-0.25, -0.2) is 0 Å². The van der Waals surface area contributed by atoms with Crippen LogP contribution in [0.25, 0.3) is 0 Å². The minimum absolute atomic E-state index is 0.323. The van der Waals surface area contributed by atoms with E-state index in [9.17, 15) is 0 Å². The van der Waals surface area contributed by atoms with E-state index in [1.54, 1.807) is 0 Å². The lowest BCUT2D eigenvalue weighted by molar-refractivity contribution is 0.0648. The van der Waals surface area contributed by atoms with Gasteiger partial charge >= 0.3 is 0 Å². The topological polar surface area (TPSA) is 15.3 Å². The van der Waals surface area contributed by atoms with Crippen LogP contribution in [0.5, 0.6) is 0 Å². The lowest BCUT2D eigenvalue weighted by atomic mass is 9.79. The van der Waals surface area contributed by atoms with Gasteiger partial charge in [0.1, 0.15) is 0 Å². The Morgan fingerprint density at radius 1 is 1.22 bits per heavy atom. The van der Waals surface area contributed by atoms with Crippen molar-refractivity contribution in [2.24, 2.45) is 0 Å². The fourth-order valence-corrected chi connectivity index (χ4v) is 3.57. The number of hydrogen-bond donors (Lipinski definition) is 1. The highest BCUT2D eigenvalue weighted by molar-refractivity contribution is 5.07. The molecule has 0 aliphatic carbocycles. The predicted molar refractivity (Wildman–Crippen MR) is 81.0 cm³/mol. The van der Waals surface area contributed by atoms with Crippen LogP contribution in [0, 0.1) is 0 Å². The summed E-state index contributed by atoms with van der Waals surface area (Å²) in [5.74, 6) is 0. The van der Waals surface area contributed by atoms with Crippen LogP contribution in [0.15, 0.2) is 12.2 Å². The van der Waals surface area contributed by atoms with Gasteiger partial charge in [-0.05, 0) is 58.7 Å². The van der Waals surface area contributed by atoms with Gasteiger partial charge in [-0.15, -0.1) is 0 Å². The second kappa shape index (κ2) is 7.30. The van der Waals surface area contributed by atoms with E-state index in [4.69, 9.17) is 0 Å². The molecule has 106 valence electrons. The standard InChI is InChI=1S/C16H32N2/c1-6-14(4)13-15(17-5)16(7-2,8-3)18-11-9-10-12-18/h15,17H,4,6-13H2,1-3,5H3. The maximum Gasteiger partial charge on any atom is 0.0360 e. The Labute approximate surface area is 114 Å². The monoisotopic (exact) mass is 252 g/mol. The normalized spacial score (nSPS) is 19.1. The predicted octanol–water partition coefficient (Wildman–Crippen LogP) is 3.59. The highest BCUT2D eigenvalue weighted by Gasteiger charge is 2.41. The summed E-state index contributed by atoms with van der Waals surface area (Å²) < 4.78 is 0. The first kappa shape index (κ1) is 15.7. The third-order valence-electron chi connectivity index (χ3n) is 4.95. The summed E-state index contributed by atoms with van der Waals surface area (Å²) in [6.07, 6.45) is 7.41. The third-order valence-corrected chi connectivity index (χ3v) is 4.95. The van der Waals surface area contributed by atoms with Crippen LogP contribution in [-0.2, 0) is 0 Å². The van der Waals surface area contributed by atoms with Gasteiger partial charge in [0.2, 0.25) is 0 Å². The Morgan fingerprint density at radius 3 is 2.17 bits per heavy atom. The van der Waals surface area contributed by atoms with Crippen LogP contribution in [0.3, 0.4) is 0 Å². The zero-order valence-corrected chi connectivity index (χ0v) is 12.9. The molecule has 1 aliphatic rings. The van der Waals surface area contributed by atoms with Crippen molar-refractivity contribution < 1.29 is 0 Å². The Balaban J connectivity index is 2.87. The number of hydrogen-bond acceptors (Lipinski definition) is 2. The van der Waals surface area contributed by atoms with Crippen LogP contribution in [-0.4, -0.2) is 36.6 Å². The molecule has 0 amide bonds. The smallest absolute Gasteiger partial charge is 0.0360 e. The van der Waals surface area contributed by atoms with E-state index in [-0.39, 0.29) is 0 Å². The second-order valence-electron chi connectivity index (χ2n) is 5.65. The van der Waals surface area contributed by atoms with Gasteiger partial charge in [0.05, 0.1) is 0 Å². The maximum atomic E-state index is 4.21. The molecule has 0 aromatic rings. The SMILES string of the molecule is C=C(CC)CC(NC)C(CC)(CC)N1CCCC1.